The van der Waals surface area contributed by atoms with Crippen LogP contribution in [0.5, 0.6) is 0 Å². The van der Waals surface area contributed by atoms with Crippen LogP contribution in [0.3, 0.4) is 0 Å². The van der Waals surface area contributed by atoms with Crippen molar-refractivity contribution >= 4 is 33.4 Å². The minimum Gasteiger partial charge on any atom is -0.355 e. The molecule has 0 saturated carbocycles. The average molecular weight is 416 g/mol. The van der Waals surface area contributed by atoms with Crippen molar-refractivity contribution in [1.82, 2.24) is 19.8 Å². The van der Waals surface area contributed by atoms with Gasteiger partial charge in [-0.3, -0.25) is 19.0 Å². The predicted molar refractivity (Wildman–Crippen MR) is 110 cm³/mol. The first kappa shape index (κ1) is 20.7. The summed E-state index contributed by atoms with van der Waals surface area (Å²) in [6.45, 7) is 4.12. The zero-order chi connectivity index (χ0) is 21.0. The normalized spacial score (nSPS) is 10.9. The molecule has 152 valence electrons. The number of aromatic nitrogens is 2. The molecule has 3 aromatic rings. The number of hydrogen-bond donors (Lipinski definition) is 1. The van der Waals surface area contributed by atoms with Crippen molar-refractivity contribution in [1.29, 1.82) is 0 Å². The van der Waals surface area contributed by atoms with Crippen molar-refractivity contribution in [3.63, 3.8) is 0 Å². The lowest BCUT2D eigenvalue weighted by molar-refractivity contribution is -0.136. The Morgan fingerprint density at radius 2 is 1.97 bits per heavy atom. The van der Waals surface area contributed by atoms with Crippen molar-refractivity contribution in [3.8, 4) is 11.1 Å². The summed E-state index contributed by atoms with van der Waals surface area (Å²) in [6.07, 6.45) is 1.34. The van der Waals surface area contributed by atoms with E-state index in [4.69, 9.17) is 0 Å². The Kier molecular flexibility index (Phi) is 6.38. The second-order valence-corrected chi connectivity index (χ2v) is 7.23. The number of nitrogens with zero attached hydrogens (tertiary/aromatic N) is 3. The van der Waals surface area contributed by atoms with Crippen molar-refractivity contribution in [2.75, 3.05) is 19.6 Å². The number of hydrogen-bond acceptors (Lipinski definition) is 5. The van der Waals surface area contributed by atoms with Gasteiger partial charge in [-0.2, -0.15) is 0 Å². The number of likely N-dealkylation sites (N-methyl/N-ethyl adjacent to an activating group) is 2. The Balaban J connectivity index is 1.90. The third-order valence-electron chi connectivity index (χ3n) is 4.46. The third-order valence-corrected chi connectivity index (χ3v) is 5.35. The third kappa shape index (κ3) is 4.51. The summed E-state index contributed by atoms with van der Waals surface area (Å²) in [4.78, 5) is 43.7. The molecule has 9 heteroatoms. The molecular formula is C20H21FN4O3S. The molecule has 2 amide bonds. The summed E-state index contributed by atoms with van der Waals surface area (Å²) in [5.41, 5.74) is 1.00. The first-order valence-corrected chi connectivity index (χ1v) is 10.1. The fraction of sp³-hybridized carbons (Fsp3) is 0.300. The number of rotatable bonds is 7. The van der Waals surface area contributed by atoms with Gasteiger partial charge < -0.3 is 10.2 Å². The van der Waals surface area contributed by atoms with Gasteiger partial charge in [-0.05, 0) is 31.5 Å². The monoisotopic (exact) mass is 416 g/mol. The van der Waals surface area contributed by atoms with Crippen molar-refractivity contribution in [2.24, 2.45) is 0 Å². The molecule has 0 atom stereocenters. The number of nitrogens with one attached hydrogen (secondary N) is 1. The summed E-state index contributed by atoms with van der Waals surface area (Å²) in [5.74, 6) is -0.957. The summed E-state index contributed by atoms with van der Waals surface area (Å²) in [6, 6.07) is 5.86. The van der Waals surface area contributed by atoms with E-state index in [0.717, 1.165) is 0 Å². The fourth-order valence-corrected chi connectivity index (χ4v) is 3.88. The summed E-state index contributed by atoms with van der Waals surface area (Å²) < 4.78 is 14.5. The quantitative estimate of drug-likeness (QED) is 0.640. The molecular weight excluding hydrogens is 395 g/mol. The number of fused-ring (bicyclic) bond motifs is 1. The first-order valence-electron chi connectivity index (χ1n) is 9.21. The molecule has 29 heavy (non-hydrogen) atoms. The zero-order valence-corrected chi connectivity index (χ0v) is 17.0. The number of amides is 2. The van der Waals surface area contributed by atoms with Crippen LogP contribution in [0.2, 0.25) is 0 Å². The van der Waals surface area contributed by atoms with E-state index in [2.05, 4.69) is 10.3 Å². The Bertz CT molecular complexity index is 1090. The average Bonchev–Trinajstić information content (AvgIpc) is 3.14. The van der Waals surface area contributed by atoms with E-state index in [9.17, 15) is 18.8 Å². The van der Waals surface area contributed by atoms with Gasteiger partial charge in [0.25, 0.3) is 5.56 Å². The molecule has 7 nitrogen and oxygen atoms in total. The highest BCUT2D eigenvalue weighted by Gasteiger charge is 2.18. The van der Waals surface area contributed by atoms with Crippen LogP contribution in [-0.4, -0.2) is 45.9 Å². The molecule has 2 heterocycles. The van der Waals surface area contributed by atoms with Crippen LogP contribution in [0, 0.1) is 5.82 Å². The van der Waals surface area contributed by atoms with Crippen LogP contribution in [0.4, 0.5) is 4.39 Å². The number of halogens is 1. The van der Waals surface area contributed by atoms with E-state index in [-0.39, 0.29) is 36.3 Å². The largest absolute Gasteiger partial charge is 0.355 e. The minimum atomic E-state index is -0.360. The molecule has 0 radical (unpaired) electrons. The van der Waals surface area contributed by atoms with Crippen molar-refractivity contribution < 1.29 is 14.0 Å². The summed E-state index contributed by atoms with van der Waals surface area (Å²) in [7, 11) is 0. The predicted octanol–water partition coefficient (Wildman–Crippen LogP) is 2.25. The molecule has 0 unspecified atom stereocenters. The SMILES string of the molecule is CCNC(=O)CN(CC)C(=O)Cn1cnc2scc(-c3ccc(F)cc3)c2c1=O. The Morgan fingerprint density at radius 1 is 1.24 bits per heavy atom. The smallest absolute Gasteiger partial charge is 0.263 e. The van der Waals surface area contributed by atoms with Crippen LogP contribution in [0.15, 0.2) is 40.8 Å². The molecule has 2 aromatic heterocycles. The number of benzene rings is 1. The van der Waals surface area contributed by atoms with E-state index in [1.807, 2.05) is 0 Å². The van der Waals surface area contributed by atoms with Crippen LogP contribution in [-0.2, 0) is 16.1 Å². The maximum absolute atomic E-state index is 13.2. The molecule has 0 saturated heterocycles. The number of carbonyl (C=O) groups excluding carboxylic acids is 2. The van der Waals surface area contributed by atoms with E-state index >= 15 is 0 Å². The van der Waals surface area contributed by atoms with Gasteiger partial charge in [-0.25, -0.2) is 9.37 Å². The van der Waals surface area contributed by atoms with Gasteiger partial charge in [0, 0.05) is 24.0 Å². The lowest BCUT2D eigenvalue weighted by Crippen LogP contribution is -2.42. The van der Waals surface area contributed by atoms with Gasteiger partial charge in [-0.15, -0.1) is 11.3 Å². The highest BCUT2D eigenvalue weighted by molar-refractivity contribution is 7.17. The highest BCUT2D eigenvalue weighted by atomic mass is 32.1. The van der Waals surface area contributed by atoms with Crippen LogP contribution in [0.1, 0.15) is 13.8 Å². The van der Waals surface area contributed by atoms with E-state index in [1.54, 1.807) is 31.4 Å². The molecule has 0 spiro atoms. The van der Waals surface area contributed by atoms with Crippen molar-refractivity contribution in [2.45, 2.75) is 20.4 Å². The van der Waals surface area contributed by atoms with Gasteiger partial charge in [-0.1, -0.05) is 12.1 Å². The standard InChI is InChI=1S/C20H21FN4O3S/c1-3-22-16(26)9-24(4-2)17(27)10-25-12-23-19-18(20(25)28)15(11-29-19)13-5-7-14(21)8-6-13/h5-8,11-12H,3-4,9-10H2,1-2H3,(H,22,26). The first-order chi connectivity index (χ1) is 13.9. The molecule has 3 rings (SSSR count). The van der Waals surface area contributed by atoms with Gasteiger partial charge in [0.1, 0.15) is 17.2 Å². The van der Waals surface area contributed by atoms with Crippen LogP contribution < -0.4 is 10.9 Å². The van der Waals surface area contributed by atoms with E-state index < -0.39 is 0 Å². The van der Waals surface area contributed by atoms with Gasteiger partial charge in [0.2, 0.25) is 11.8 Å². The molecule has 1 aromatic carbocycles. The topological polar surface area (TPSA) is 84.3 Å². The molecule has 0 bridgehead atoms. The Labute approximate surface area is 170 Å². The fourth-order valence-electron chi connectivity index (χ4n) is 2.97. The van der Waals surface area contributed by atoms with Gasteiger partial charge in [0.15, 0.2) is 0 Å². The Morgan fingerprint density at radius 3 is 2.62 bits per heavy atom. The van der Waals surface area contributed by atoms with Crippen LogP contribution >= 0.6 is 11.3 Å². The molecule has 0 aliphatic carbocycles. The zero-order valence-electron chi connectivity index (χ0n) is 16.1. The number of carbonyl (C=O) groups is 2. The van der Waals surface area contributed by atoms with E-state index in [0.29, 0.717) is 34.4 Å². The molecule has 1 N–H and O–H groups in total. The second kappa shape index (κ2) is 8.95. The summed E-state index contributed by atoms with van der Waals surface area (Å²) in [5, 5.41) is 4.84. The lowest BCUT2D eigenvalue weighted by atomic mass is 10.1. The van der Waals surface area contributed by atoms with E-state index in [1.165, 1.54) is 39.3 Å². The second-order valence-electron chi connectivity index (χ2n) is 6.38. The molecule has 0 fully saturated rings. The molecule has 0 aliphatic rings. The number of thiophene rings is 1. The molecule has 0 aliphatic heterocycles. The van der Waals surface area contributed by atoms with Gasteiger partial charge in [0.05, 0.1) is 18.3 Å². The maximum atomic E-state index is 13.2. The highest BCUT2D eigenvalue weighted by Crippen LogP contribution is 2.30. The Hall–Kier alpha value is -3.07. The van der Waals surface area contributed by atoms with Crippen LogP contribution in [0.25, 0.3) is 21.3 Å². The minimum absolute atomic E-state index is 0.0626. The maximum Gasteiger partial charge on any atom is 0.263 e. The summed E-state index contributed by atoms with van der Waals surface area (Å²) >= 11 is 1.31. The van der Waals surface area contributed by atoms with Gasteiger partial charge >= 0.3 is 0 Å². The van der Waals surface area contributed by atoms with Crippen molar-refractivity contribution in [3.05, 3.63) is 52.1 Å². The lowest BCUT2D eigenvalue weighted by Gasteiger charge is -2.20.